The molecule has 0 amide bonds. The molecule has 2 aromatic rings. The molecule has 0 aliphatic heterocycles. The van der Waals surface area contributed by atoms with Crippen LogP contribution in [0.1, 0.15) is 25.7 Å². The molecule has 0 bridgehead atoms. The van der Waals surface area contributed by atoms with Gasteiger partial charge in [-0.05, 0) is 26.0 Å². The zero-order valence-electron chi connectivity index (χ0n) is 10.7. The predicted molar refractivity (Wildman–Crippen MR) is 75.6 cm³/mol. The monoisotopic (exact) mass is 300 g/mol. The molecule has 0 N–H and O–H groups in total. The van der Waals surface area contributed by atoms with Gasteiger partial charge in [-0.2, -0.15) is 0 Å². The third kappa shape index (κ3) is 2.55. The van der Waals surface area contributed by atoms with Gasteiger partial charge in [0.1, 0.15) is 17.4 Å². The molecule has 1 aromatic heterocycles. The normalized spacial score (nSPS) is 12.6. The zero-order valence-corrected chi connectivity index (χ0v) is 12.2. The first-order chi connectivity index (χ1) is 9.10. The third-order valence-corrected chi connectivity index (χ3v) is 3.42. The summed E-state index contributed by atoms with van der Waals surface area (Å²) in [6, 6.07) is 4.95. The number of nitrogens with zero attached hydrogens (tertiary/aromatic N) is 2. The summed E-state index contributed by atoms with van der Waals surface area (Å²) >= 11 is 12.0. The number of fused-ring (bicyclic) bond motifs is 1. The lowest BCUT2D eigenvalue weighted by Crippen LogP contribution is -2.20. The number of ether oxygens (including phenoxy) is 1. The Morgan fingerprint density at radius 3 is 2.89 bits per heavy atom. The fourth-order valence-electron chi connectivity index (χ4n) is 2.03. The van der Waals surface area contributed by atoms with Crippen molar-refractivity contribution in [2.24, 2.45) is 0 Å². The van der Waals surface area contributed by atoms with E-state index in [1.165, 1.54) is 0 Å². The van der Waals surface area contributed by atoms with E-state index in [1.807, 2.05) is 12.1 Å². The van der Waals surface area contributed by atoms with Crippen LogP contribution >= 0.6 is 23.2 Å². The predicted octanol–water partition coefficient (Wildman–Crippen LogP) is 3.55. The van der Waals surface area contributed by atoms with Crippen LogP contribution < -0.4 is 0 Å². The van der Waals surface area contributed by atoms with Crippen LogP contribution in [0.15, 0.2) is 18.2 Å². The average Bonchev–Trinajstić information content (AvgIpc) is 2.78. The van der Waals surface area contributed by atoms with Crippen LogP contribution in [0, 0.1) is 0 Å². The highest BCUT2D eigenvalue weighted by atomic mass is 35.5. The minimum Gasteiger partial charge on any atom is -0.464 e. The number of aromatic nitrogens is 2. The van der Waals surface area contributed by atoms with E-state index in [9.17, 15) is 4.79 Å². The molecule has 0 fully saturated rings. The number of hydrogen-bond donors (Lipinski definition) is 0. The van der Waals surface area contributed by atoms with Crippen molar-refractivity contribution in [3.05, 3.63) is 29.0 Å². The van der Waals surface area contributed by atoms with Crippen molar-refractivity contribution < 1.29 is 9.53 Å². The highest BCUT2D eigenvalue weighted by Gasteiger charge is 2.22. The quantitative estimate of drug-likeness (QED) is 0.640. The van der Waals surface area contributed by atoms with Crippen LogP contribution in [0.3, 0.4) is 0 Å². The van der Waals surface area contributed by atoms with Crippen molar-refractivity contribution in [2.45, 2.75) is 25.8 Å². The number of alkyl halides is 1. The summed E-state index contributed by atoms with van der Waals surface area (Å²) in [5.41, 5.74) is 1.43. The van der Waals surface area contributed by atoms with Gasteiger partial charge in [0.15, 0.2) is 0 Å². The van der Waals surface area contributed by atoms with E-state index >= 15 is 0 Å². The molecule has 1 aromatic carbocycles. The molecule has 0 radical (unpaired) electrons. The topological polar surface area (TPSA) is 44.1 Å². The van der Waals surface area contributed by atoms with Gasteiger partial charge in [-0.15, -0.1) is 11.6 Å². The lowest BCUT2D eigenvalue weighted by Gasteiger charge is -2.15. The van der Waals surface area contributed by atoms with Gasteiger partial charge in [0, 0.05) is 0 Å². The molecule has 19 heavy (non-hydrogen) atoms. The van der Waals surface area contributed by atoms with Gasteiger partial charge in [0.05, 0.1) is 23.0 Å². The van der Waals surface area contributed by atoms with Gasteiger partial charge in [0.25, 0.3) is 0 Å². The van der Waals surface area contributed by atoms with Crippen molar-refractivity contribution in [2.75, 3.05) is 6.61 Å². The standard InChI is InChI=1S/C13H14Cl2N2O2/c1-3-19-13(18)8(2)17-10-6-4-5-9(15)12(10)16-11(17)7-14/h4-6,8H,3,7H2,1-2H3. The van der Waals surface area contributed by atoms with E-state index in [1.54, 1.807) is 24.5 Å². The van der Waals surface area contributed by atoms with E-state index in [0.717, 1.165) is 5.52 Å². The van der Waals surface area contributed by atoms with Gasteiger partial charge < -0.3 is 9.30 Å². The van der Waals surface area contributed by atoms with E-state index in [4.69, 9.17) is 27.9 Å². The highest BCUT2D eigenvalue weighted by molar-refractivity contribution is 6.35. The Morgan fingerprint density at radius 2 is 2.26 bits per heavy atom. The first kappa shape index (κ1) is 14.2. The Labute approximate surface area is 121 Å². The maximum absolute atomic E-state index is 11.9. The van der Waals surface area contributed by atoms with Crippen molar-refractivity contribution in [1.82, 2.24) is 9.55 Å². The molecule has 0 spiro atoms. The summed E-state index contributed by atoms with van der Waals surface area (Å²) < 4.78 is 6.81. The lowest BCUT2D eigenvalue weighted by molar-refractivity contribution is -0.146. The average molecular weight is 301 g/mol. The van der Waals surface area contributed by atoms with Gasteiger partial charge in [-0.1, -0.05) is 17.7 Å². The second-order valence-electron chi connectivity index (χ2n) is 4.07. The second-order valence-corrected chi connectivity index (χ2v) is 4.74. The van der Waals surface area contributed by atoms with E-state index in [0.29, 0.717) is 23.0 Å². The first-order valence-electron chi connectivity index (χ1n) is 5.98. The van der Waals surface area contributed by atoms with Crippen LogP contribution in [0.25, 0.3) is 11.0 Å². The largest absolute Gasteiger partial charge is 0.464 e. The second kappa shape index (κ2) is 5.80. The lowest BCUT2D eigenvalue weighted by atomic mass is 10.2. The minimum absolute atomic E-state index is 0.203. The molecule has 0 aliphatic carbocycles. The molecule has 0 saturated carbocycles. The number of carbonyl (C=O) groups excluding carboxylic acids is 1. The fourth-order valence-corrected chi connectivity index (χ4v) is 2.43. The fraction of sp³-hybridized carbons (Fsp3) is 0.385. The van der Waals surface area contributed by atoms with Crippen molar-refractivity contribution in [1.29, 1.82) is 0 Å². The van der Waals surface area contributed by atoms with Crippen LogP contribution in [-0.4, -0.2) is 22.1 Å². The summed E-state index contributed by atoms with van der Waals surface area (Å²) in [6.07, 6.45) is 0. The number of halogens is 2. The third-order valence-electron chi connectivity index (χ3n) is 2.88. The molecule has 4 nitrogen and oxygen atoms in total. The van der Waals surface area contributed by atoms with Gasteiger partial charge >= 0.3 is 5.97 Å². The number of imidazole rings is 1. The number of benzene rings is 1. The Balaban J connectivity index is 2.57. The summed E-state index contributed by atoms with van der Waals surface area (Å²) in [7, 11) is 0. The highest BCUT2D eigenvalue weighted by Crippen LogP contribution is 2.27. The van der Waals surface area contributed by atoms with Crippen LogP contribution in [0.5, 0.6) is 0 Å². The Bertz CT molecular complexity index is 610. The number of esters is 1. The van der Waals surface area contributed by atoms with Gasteiger partial charge in [-0.3, -0.25) is 0 Å². The number of hydrogen-bond acceptors (Lipinski definition) is 3. The summed E-state index contributed by atoms with van der Waals surface area (Å²) in [5.74, 6) is 0.493. The molecular weight excluding hydrogens is 287 g/mol. The summed E-state index contributed by atoms with van der Waals surface area (Å²) in [5, 5.41) is 0.540. The van der Waals surface area contributed by atoms with Crippen LogP contribution in [-0.2, 0) is 15.4 Å². The van der Waals surface area contributed by atoms with Gasteiger partial charge in [-0.25, -0.2) is 9.78 Å². The molecule has 1 unspecified atom stereocenters. The number of carbonyl (C=O) groups is 1. The van der Waals surface area contributed by atoms with Crippen molar-refractivity contribution in [3.8, 4) is 0 Å². The molecule has 2 rings (SSSR count). The Kier molecular flexibility index (Phi) is 4.32. The SMILES string of the molecule is CCOC(=O)C(C)n1c(CCl)nc2c(Cl)cccc21. The van der Waals surface area contributed by atoms with Crippen molar-refractivity contribution in [3.63, 3.8) is 0 Å². The molecule has 0 saturated heterocycles. The zero-order chi connectivity index (χ0) is 14.0. The number of para-hydroxylation sites is 1. The van der Waals surface area contributed by atoms with Crippen LogP contribution in [0.2, 0.25) is 5.02 Å². The first-order valence-corrected chi connectivity index (χ1v) is 6.89. The van der Waals surface area contributed by atoms with E-state index in [-0.39, 0.29) is 11.8 Å². The maximum atomic E-state index is 11.9. The van der Waals surface area contributed by atoms with Crippen LogP contribution in [0.4, 0.5) is 0 Å². The molecule has 1 heterocycles. The van der Waals surface area contributed by atoms with Gasteiger partial charge in [0.2, 0.25) is 0 Å². The maximum Gasteiger partial charge on any atom is 0.328 e. The van der Waals surface area contributed by atoms with E-state index < -0.39 is 6.04 Å². The molecule has 1 atom stereocenters. The Morgan fingerprint density at radius 1 is 1.53 bits per heavy atom. The molecular formula is C13H14Cl2N2O2. The van der Waals surface area contributed by atoms with E-state index in [2.05, 4.69) is 4.98 Å². The smallest absolute Gasteiger partial charge is 0.328 e. The Hall–Kier alpha value is -1.26. The summed E-state index contributed by atoms with van der Waals surface area (Å²) in [4.78, 5) is 16.3. The molecule has 102 valence electrons. The molecule has 6 heteroatoms. The number of rotatable bonds is 4. The van der Waals surface area contributed by atoms with Crippen molar-refractivity contribution >= 4 is 40.2 Å². The summed E-state index contributed by atoms with van der Waals surface area (Å²) in [6.45, 7) is 3.87. The minimum atomic E-state index is -0.489. The molecule has 0 aliphatic rings.